The van der Waals surface area contributed by atoms with Crippen molar-refractivity contribution < 1.29 is 13.6 Å². The quantitative estimate of drug-likeness (QED) is 0.433. The Kier molecular flexibility index (Phi) is 5.87. The molecule has 2 N–H and O–H groups in total. The van der Waals surface area contributed by atoms with Gasteiger partial charge in [-0.1, -0.05) is 12.1 Å². The second-order valence-electron chi connectivity index (χ2n) is 6.24. The van der Waals surface area contributed by atoms with Gasteiger partial charge in [0, 0.05) is 24.5 Å². The van der Waals surface area contributed by atoms with Crippen LogP contribution < -0.4 is 10.6 Å². The first-order valence-electron chi connectivity index (χ1n) is 9.06. The number of amides is 1. The highest BCUT2D eigenvalue weighted by molar-refractivity contribution is 7.09. The molecular weight excluding hydrogens is 393 g/mol. The predicted molar refractivity (Wildman–Crippen MR) is 107 cm³/mol. The van der Waals surface area contributed by atoms with Gasteiger partial charge in [-0.2, -0.15) is 0 Å². The first-order chi connectivity index (χ1) is 14.2. The number of carbonyl (C=O) groups excluding carboxylic acids is 1. The van der Waals surface area contributed by atoms with E-state index in [1.54, 1.807) is 5.38 Å². The predicted octanol–water partition coefficient (Wildman–Crippen LogP) is 3.08. The number of carbonyl (C=O) groups is 1. The lowest BCUT2D eigenvalue weighted by Gasteiger charge is -2.03. The fraction of sp³-hybridized carbons (Fsp3) is 0.200. The zero-order valence-corrected chi connectivity index (χ0v) is 16.2. The van der Waals surface area contributed by atoms with E-state index in [1.165, 1.54) is 29.7 Å². The average molecular weight is 411 g/mol. The van der Waals surface area contributed by atoms with Crippen LogP contribution in [0.2, 0.25) is 0 Å². The second-order valence-corrected chi connectivity index (χ2v) is 7.19. The van der Waals surface area contributed by atoms with Crippen LogP contribution in [-0.2, 0) is 19.5 Å². The van der Waals surface area contributed by atoms with Gasteiger partial charge in [0.2, 0.25) is 5.89 Å². The number of fused-ring (bicyclic) bond motifs is 1. The van der Waals surface area contributed by atoms with Gasteiger partial charge in [0.15, 0.2) is 5.58 Å². The van der Waals surface area contributed by atoms with E-state index in [4.69, 9.17) is 4.42 Å². The summed E-state index contributed by atoms with van der Waals surface area (Å²) in [4.78, 5) is 24.8. The molecule has 0 aliphatic heterocycles. The Balaban J connectivity index is 1.23. The maximum atomic E-state index is 13.6. The largest absolute Gasteiger partial charge is 0.439 e. The highest BCUT2D eigenvalue weighted by Gasteiger charge is 2.12. The van der Waals surface area contributed by atoms with Crippen LogP contribution in [0.1, 0.15) is 27.1 Å². The van der Waals surface area contributed by atoms with E-state index in [0.717, 1.165) is 16.1 Å². The number of para-hydroxylation sites is 2. The average Bonchev–Trinajstić information content (AvgIpc) is 3.37. The molecule has 29 heavy (non-hydrogen) atoms. The summed E-state index contributed by atoms with van der Waals surface area (Å²) in [6.45, 7) is 1.21. The van der Waals surface area contributed by atoms with Crippen LogP contribution in [-0.4, -0.2) is 27.4 Å². The zero-order chi connectivity index (χ0) is 20.1. The number of halogens is 1. The van der Waals surface area contributed by atoms with Crippen LogP contribution in [0.25, 0.3) is 11.1 Å². The minimum absolute atomic E-state index is 0.0183. The van der Waals surface area contributed by atoms with Crippen LogP contribution >= 0.6 is 11.3 Å². The molecule has 0 aliphatic rings. The number of aromatic nitrogens is 3. The molecule has 0 fully saturated rings. The van der Waals surface area contributed by atoms with E-state index >= 15 is 0 Å². The van der Waals surface area contributed by atoms with Crippen LogP contribution in [0.4, 0.5) is 4.39 Å². The van der Waals surface area contributed by atoms with Crippen molar-refractivity contribution in [2.75, 3.05) is 6.54 Å². The summed E-state index contributed by atoms with van der Waals surface area (Å²) in [7, 11) is 0. The number of pyridine rings is 1. The summed E-state index contributed by atoms with van der Waals surface area (Å²) in [5, 5.41) is 8.43. The van der Waals surface area contributed by atoms with Crippen LogP contribution in [0.5, 0.6) is 0 Å². The van der Waals surface area contributed by atoms with E-state index in [-0.39, 0.29) is 18.1 Å². The Morgan fingerprint density at radius 2 is 2.03 bits per heavy atom. The van der Waals surface area contributed by atoms with Gasteiger partial charge in [0.25, 0.3) is 5.91 Å². The van der Waals surface area contributed by atoms with Crippen molar-refractivity contribution in [3.05, 3.63) is 76.1 Å². The van der Waals surface area contributed by atoms with E-state index in [9.17, 15) is 9.18 Å². The SMILES string of the molecule is O=C(NCc1ncccc1F)c1csc(CCNCc2nc3ccccc3o2)n1. The molecule has 0 bridgehead atoms. The van der Waals surface area contributed by atoms with Gasteiger partial charge in [-0.05, 0) is 24.3 Å². The summed E-state index contributed by atoms with van der Waals surface area (Å²) in [6, 6.07) is 10.4. The van der Waals surface area contributed by atoms with Gasteiger partial charge < -0.3 is 15.1 Å². The number of benzene rings is 1. The first-order valence-corrected chi connectivity index (χ1v) is 9.94. The summed E-state index contributed by atoms with van der Waals surface area (Å²) in [5.41, 5.74) is 2.12. The minimum Gasteiger partial charge on any atom is -0.439 e. The van der Waals surface area contributed by atoms with Gasteiger partial charge in [-0.15, -0.1) is 11.3 Å². The number of nitrogens with zero attached hydrogens (tertiary/aromatic N) is 3. The van der Waals surface area contributed by atoms with E-state index in [1.807, 2.05) is 24.3 Å². The van der Waals surface area contributed by atoms with Gasteiger partial charge in [0.05, 0.1) is 23.8 Å². The number of rotatable bonds is 8. The second kappa shape index (κ2) is 8.89. The molecule has 1 amide bonds. The molecule has 0 atom stereocenters. The van der Waals surface area contributed by atoms with Gasteiger partial charge in [-0.25, -0.2) is 14.4 Å². The molecule has 0 spiro atoms. The lowest BCUT2D eigenvalue weighted by atomic mass is 10.3. The molecule has 3 aromatic heterocycles. The standard InChI is InChI=1S/C20H18FN5O2S/c21-13-4-3-8-23-15(13)10-24-20(27)16-12-29-19(26-16)7-9-22-11-18-25-14-5-1-2-6-17(14)28-18/h1-6,8,12,22H,7,9-11H2,(H,24,27). The Morgan fingerprint density at radius 1 is 1.14 bits per heavy atom. The third-order valence-corrected chi connectivity index (χ3v) is 5.07. The molecule has 0 unspecified atom stereocenters. The molecule has 0 saturated carbocycles. The van der Waals surface area contributed by atoms with E-state index in [2.05, 4.69) is 25.6 Å². The van der Waals surface area contributed by atoms with Crippen molar-refractivity contribution in [2.24, 2.45) is 0 Å². The van der Waals surface area contributed by atoms with Crippen molar-refractivity contribution in [1.82, 2.24) is 25.6 Å². The molecule has 9 heteroatoms. The normalized spacial score (nSPS) is 11.1. The van der Waals surface area contributed by atoms with Crippen molar-refractivity contribution in [3.63, 3.8) is 0 Å². The van der Waals surface area contributed by atoms with Crippen LogP contribution in [0.3, 0.4) is 0 Å². The van der Waals surface area contributed by atoms with Crippen molar-refractivity contribution in [2.45, 2.75) is 19.5 Å². The minimum atomic E-state index is -0.447. The molecule has 3 heterocycles. The molecule has 4 aromatic rings. The summed E-state index contributed by atoms with van der Waals surface area (Å²) < 4.78 is 19.2. The fourth-order valence-corrected chi connectivity index (χ4v) is 3.50. The van der Waals surface area contributed by atoms with Crippen molar-refractivity contribution in [3.8, 4) is 0 Å². The third-order valence-electron chi connectivity index (χ3n) is 4.17. The Labute approximate surface area is 170 Å². The van der Waals surface area contributed by atoms with Crippen molar-refractivity contribution >= 4 is 28.3 Å². The van der Waals surface area contributed by atoms with Crippen LogP contribution in [0, 0.1) is 5.82 Å². The number of hydrogen-bond acceptors (Lipinski definition) is 7. The summed E-state index contributed by atoms with van der Waals surface area (Å²) >= 11 is 1.41. The summed E-state index contributed by atoms with van der Waals surface area (Å²) in [6.07, 6.45) is 2.16. The molecule has 4 rings (SSSR count). The molecule has 0 aliphatic carbocycles. The van der Waals surface area contributed by atoms with Gasteiger partial charge in [-0.3, -0.25) is 9.78 Å². The Bertz CT molecular complexity index is 1090. The zero-order valence-electron chi connectivity index (χ0n) is 15.4. The first kappa shape index (κ1) is 19.2. The molecule has 148 valence electrons. The highest BCUT2D eigenvalue weighted by Crippen LogP contribution is 2.14. The molecule has 7 nitrogen and oxygen atoms in total. The van der Waals surface area contributed by atoms with Crippen molar-refractivity contribution in [1.29, 1.82) is 0 Å². The van der Waals surface area contributed by atoms with E-state index < -0.39 is 5.82 Å². The number of thiazole rings is 1. The maximum absolute atomic E-state index is 13.6. The Hall–Kier alpha value is -3.17. The Morgan fingerprint density at radius 3 is 2.90 bits per heavy atom. The maximum Gasteiger partial charge on any atom is 0.271 e. The van der Waals surface area contributed by atoms with E-state index in [0.29, 0.717) is 31.1 Å². The topological polar surface area (TPSA) is 92.9 Å². The van der Waals surface area contributed by atoms with Crippen LogP contribution in [0.15, 0.2) is 52.4 Å². The van der Waals surface area contributed by atoms with Gasteiger partial charge >= 0.3 is 0 Å². The molecular formula is C20H18FN5O2S. The smallest absolute Gasteiger partial charge is 0.271 e. The molecule has 1 aromatic carbocycles. The third kappa shape index (κ3) is 4.82. The lowest BCUT2D eigenvalue weighted by molar-refractivity contribution is 0.0945. The number of oxazole rings is 1. The highest BCUT2D eigenvalue weighted by atomic mass is 32.1. The number of nitrogens with one attached hydrogen (secondary N) is 2. The monoisotopic (exact) mass is 411 g/mol. The lowest BCUT2D eigenvalue weighted by Crippen LogP contribution is -2.24. The molecule has 0 saturated heterocycles. The van der Waals surface area contributed by atoms with Gasteiger partial charge in [0.1, 0.15) is 17.0 Å². The summed E-state index contributed by atoms with van der Waals surface area (Å²) in [5.74, 6) is -0.166. The molecule has 0 radical (unpaired) electrons. The number of hydrogen-bond donors (Lipinski definition) is 2. The fourth-order valence-electron chi connectivity index (χ4n) is 2.72.